The summed E-state index contributed by atoms with van der Waals surface area (Å²) in [4.78, 5) is 11.3. The van der Waals surface area contributed by atoms with Crippen LogP contribution in [0.4, 0.5) is 0 Å². The zero-order valence-corrected chi connectivity index (χ0v) is 10.4. The van der Waals surface area contributed by atoms with Crippen molar-refractivity contribution in [2.24, 2.45) is 0 Å². The number of hydrogen-bond donors (Lipinski definition) is 0. The fourth-order valence-electron chi connectivity index (χ4n) is 1.38. The van der Waals surface area contributed by atoms with Crippen LogP contribution in [0, 0.1) is 11.3 Å². The maximum Gasteiger partial charge on any atom is 0.327 e. The summed E-state index contributed by atoms with van der Waals surface area (Å²) >= 11 is 0. The average molecular weight is 249 g/mol. The lowest BCUT2D eigenvalue weighted by Crippen LogP contribution is -2.12. The Morgan fingerprint density at radius 2 is 1.94 bits per heavy atom. The molecule has 1 atom stereocenters. The van der Waals surface area contributed by atoms with Gasteiger partial charge in [0, 0.05) is 7.11 Å². The van der Waals surface area contributed by atoms with Crippen LogP contribution in [0.2, 0.25) is 0 Å². The Balaban J connectivity index is 2.69. The van der Waals surface area contributed by atoms with Gasteiger partial charge in [-0.25, -0.2) is 0 Å². The molecule has 0 spiro atoms. The third-order valence-electron chi connectivity index (χ3n) is 2.34. The van der Waals surface area contributed by atoms with Crippen LogP contribution >= 0.6 is 0 Å². The first kappa shape index (κ1) is 14.0. The SMILES string of the molecule is COCCOc1ccc(C(C#N)C(=O)OC)cc1. The summed E-state index contributed by atoms with van der Waals surface area (Å²) in [5.74, 6) is -0.800. The van der Waals surface area contributed by atoms with Gasteiger partial charge in [-0.2, -0.15) is 5.26 Å². The number of rotatable bonds is 6. The van der Waals surface area contributed by atoms with Crippen LogP contribution < -0.4 is 4.74 Å². The van der Waals surface area contributed by atoms with Gasteiger partial charge < -0.3 is 14.2 Å². The molecular formula is C13H15NO4. The van der Waals surface area contributed by atoms with Crippen LogP contribution in [0.25, 0.3) is 0 Å². The van der Waals surface area contributed by atoms with E-state index in [1.807, 2.05) is 6.07 Å². The minimum Gasteiger partial charge on any atom is -0.491 e. The minimum absolute atomic E-state index is 0.453. The molecule has 0 aliphatic heterocycles. The van der Waals surface area contributed by atoms with E-state index in [1.165, 1.54) is 7.11 Å². The predicted octanol–water partition coefficient (Wildman–Crippen LogP) is 1.49. The van der Waals surface area contributed by atoms with Crippen LogP contribution in [-0.2, 0) is 14.3 Å². The molecule has 0 radical (unpaired) electrons. The Kier molecular flexibility index (Phi) is 5.68. The molecule has 0 fully saturated rings. The number of benzene rings is 1. The highest BCUT2D eigenvalue weighted by molar-refractivity contribution is 5.81. The maximum atomic E-state index is 11.3. The van der Waals surface area contributed by atoms with Crippen LogP contribution in [0.3, 0.4) is 0 Å². The normalized spacial score (nSPS) is 11.4. The summed E-state index contributed by atoms with van der Waals surface area (Å²) in [6, 6.07) is 8.67. The molecule has 5 nitrogen and oxygen atoms in total. The Hall–Kier alpha value is -2.06. The molecule has 18 heavy (non-hydrogen) atoms. The Morgan fingerprint density at radius 1 is 1.28 bits per heavy atom. The summed E-state index contributed by atoms with van der Waals surface area (Å²) in [6.07, 6.45) is 0. The summed E-state index contributed by atoms with van der Waals surface area (Å²) < 4.78 is 14.8. The number of carbonyl (C=O) groups excluding carboxylic acids is 1. The highest BCUT2D eigenvalue weighted by atomic mass is 16.5. The van der Waals surface area contributed by atoms with Gasteiger partial charge in [0.15, 0.2) is 5.92 Å². The van der Waals surface area contributed by atoms with Crippen molar-refractivity contribution in [3.05, 3.63) is 29.8 Å². The van der Waals surface area contributed by atoms with Crippen LogP contribution in [0.15, 0.2) is 24.3 Å². The van der Waals surface area contributed by atoms with Crippen molar-refractivity contribution in [3.8, 4) is 11.8 Å². The van der Waals surface area contributed by atoms with Crippen molar-refractivity contribution < 1.29 is 19.0 Å². The third kappa shape index (κ3) is 3.75. The van der Waals surface area contributed by atoms with Gasteiger partial charge in [0.05, 0.1) is 19.8 Å². The number of nitrogens with zero attached hydrogens (tertiary/aromatic N) is 1. The van der Waals surface area contributed by atoms with Gasteiger partial charge in [0.1, 0.15) is 12.4 Å². The van der Waals surface area contributed by atoms with Gasteiger partial charge in [-0.05, 0) is 17.7 Å². The van der Waals surface area contributed by atoms with Crippen molar-refractivity contribution >= 4 is 5.97 Å². The molecule has 0 amide bonds. The first-order chi connectivity index (χ1) is 8.72. The summed E-state index contributed by atoms with van der Waals surface area (Å²) in [5.41, 5.74) is 0.587. The van der Waals surface area contributed by atoms with Crippen molar-refractivity contribution in [1.82, 2.24) is 0 Å². The number of ether oxygens (including phenoxy) is 3. The summed E-state index contributed by atoms with van der Waals surface area (Å²) in [5, 5.41) is 8.93. The van der Waals surface area contributed by atoms with Crippen molar-refractivity contribution in [1.29, 1.82) is 5.26 Å². The molecule has 0 aliphatic carbocycles. The molecule has 96 valence electrons. The number of hydrogen-bond acceptors (Lipinski definition) is 5. The molecule has 1 rings (SSSR count). The van der Waals surface area contributed by atoms with Crippen LogP contribution in [0.1, 0.15) is 11.5 Å². The first-order valence-corrected chi connectivity index (χ1v) is 5.42. The van der Waals surface area contributed by atoms with Crippen molar-refractivity contribution in [3.63, 3.8) is 0 Å². The molecule has 0 aliphatic rings. The van der Waals surface area contributed by atoms with Gasteiger partial charge in [-0.1, -0.05) is 12.1 Å². The van der Waals surface area contributed by atoms with Gasteiger partial charge >= 0.3 is 5.97 Å². The zero-order valence-electron chi connectivity index (χ0n) is 10.4. The molecule has 5 heteroatoms. The van der Waals surface area contributed by atoms with E-state index >= 15 is 0 Å². The van der Waals surface area contributed by atoms with Crippen molar-refractivity contribution in [2.75, 3.05) is 27.4 Å². The Labute approximate surface area is 106 Å². The van der Waals surface area contributed by atoms with E-state index in [9.17, 15) is 4.79 Å². The Bertz CT molecular complexity index is 422. The molecule has 0 bridgehead atoms. The van der Waals surface area contributed by atoms with Gasteiger partial charge in [0.25, 0.3) is 0 Å². The predicted molar refractivity (Wildman–Crippen MR) is 64.2 cm³/mol. The largest absolute Gasteiger partial charge is 0.491 e. The zero-order chi connectivity index (χ0) is 13.4. The minimum atomic E-state index is -0.900. The Morgan fingerprint density at radius 3 is 2.44 bits per heavy atom. The second-order valence-electron chi connectivity index (χ2n) is 3.50. The number of esters is 1. The highest BCUT2D eigenvalue weighted by Gasteiger charge is 2.20. The second-order valence-corrected chi connectivity index (χ2v) is 3.50. The van der Waals surface area contributed by atoms with Crippen LogP contribution in [0.5, 0.6) is 5.75 Å². The number of methoxy groups -OCH3 is 2. The van der Waals surface area contributed by atoms with E-state index in [2.05, 4.69) is 4.74 Å². The van der Waals surface area contributed by atoms with Crippen molar-refractivity contribution in [2.45, 2.75) is 5.92 Å². The van der Waals surface area contributed by atoms with E-state index in [1.54, 1.807) is 31.4 Å². The maximum absolute atomic E-state index is 11.3. The fraction of sp³-hybridized carbons (Fsp3) is 0.385. The molecule has 1 aromatic carbocycles. The fourth-order valence-corrected chi connectivity index (χ4v) is 1.38. The van der Waals surface area contributed by atoms with Gasteiger partial charge in [0.2, 0.25) is 0 Å². The lowest BCUT2D eigenvalue weighted by Gasteiger charge is -2.09. The van der Waals surface area contributed by atoms with Crippen LogP contribution in [-0.4, -0.2) is 33.4 Å². The summed E-state index contributed by atoms with van der Waals surface area (Å²) in [6.45, 7) is 0.958. The van der Waals surface area contributed by atoms with E-state index in [0.717, 1.165) is 0 Å². The van der Waals surface area contributed by atoms with Gasteiger partial charge in [-0.3, -0.25) is 4.79 Å². The number of nitriles is 1. The molecule has 0 saturated heterocycles. The van der Waals surface area contributed by atoms with E-state index < -0.39 is 11.9 Å². The topological polar surface area (TPSA) is 68.5 Å². The van der Waals surface area contributed by atoms with Gasteiger partial charge in [-0.15, -0.1) is 0 Å². The molecule has 0 heterocycles. The average Bonchev–Trinajstić information content (AvgIpc) is 2.41. The standard InChI is InChI=1S/C13H15NO4/c1-16-7-8-18-11-5-3-10(4-6-11)12(9-14)13(15)17-2/h3-6,12H,7-8H2,1-2H3. The van der Waals surface area contributed by atoms with E-state index in [0.29, 0.717) is 24.5 Å². The van der Waals surface area contributed by atoms with E-state index in [4.69, 9.17) is 14.7 Å². The monoisotopic (exact) mass is 249 g/mol. The molecule has 0 aromatic heterocycles. The third-order valence-corrected chi connectivity index (χ3v) is 2.34. The number of carbonyl (C=O) groups is 1. The smallest absolute Gasteiger partial charge is 0.327 e. The quantitative estimate of drug-likeness (QED) is 0.564. The molecule has 0 N–H and O–H groups in total. The molecule has 1 aromatic rings. The lowest BCUT2D eigenvalue weighted by atomic mass is 10.0. The highest BCUT2D eigenvalue weighted by Crippen LogP contribution is 2.20. The first-order valence-electron chi connectivity index (χ1n) is 5.42. The lowest BCUT2D eigenvalue weighted by molar-refractivity contribution is -0.140. The second kappa shape index (κ2) is 7.30. The van der Waals surface area contributed by atoms with E-state index in [-0.39, 0.29) is 0 Å². The molecule has 1 unspecified atom stereocenters. The molecule has 0 saturated carbocycles. The summed E-state index contributed by atoms with van der Waals surface area (Å²) in [7, 11) is 2.86. The molecular weight excluding hydrogens is 234 g/mol.